The Kier molecular flexibility index (Phi) is 5.37. The number of sulfone groups is 1. The van der Waals surface area contributed by atoms with Crippen LogP contribution in [0, 0.1) is 0 Å². The molecule has 27 heavy (non-hydrogen) atoms. The molecule has 6 nitrogen and oxygen atoms in total. The lowest BCUT2D eigenvalue weighted by molar-refractivity contribution is -0.162. The quantitative estimate of drug-likeness (QED) is 0.730. The number of rotatable bonds is 5. The summed E-state index contributed by atoms with van der Waals surface area (Å²) in [6, 6.07) is 17.0. The molecular weight excluding hydrogens is 368 g/mol. The van der Waals surface area contributed by atoms with Crippen molar-refractivity contribution in [1.82, 2.24) is 0 Å². The maximum absolute atomic E-state index is 13.2. The number of hydrogen-bond acceptors (Lipinski definition) is 6. The number of carbonyl (C=O) groups is 1. The van der Waals surface area contributed by atoms with Crippen molar-refractivity contribution in [2.45, 2.75) is 49.1 Å². The molecule has 0 N–H and O–H groups in total. The Morgan fingerprint density at radius 1 is 1.00 bits per heavy atom. The molecule has 1 heterocycles. The second kappa shape index (κ2) is 7.42. The first-order chi connectivity index (χ1) is 12.7. The van der Waals surface area contributed by atoms with E-state index in [2.05, 4.69) is 0 Å². The SMILES string of the molecule is CC(=O)O[C@H]([C@H]1OC(C)(C)O[C@@H]1c1ccccc1)S(=O)(=O)c1ccccc1. The summed E-state index contributed by atoms with van der Waals surface area (Å²) in [5.74, 6) is -1.74. The second-order valence-corrected chi connectivity index (χ2v) is 8.79. The molecule has 0 radical (unpaired) electrons. The molecule has 1 fully saturated rings. The van der Waals surface area contributed by atoms with E-state index in [1.54, 1.807) is 32.0 Å². The van der Waals surface area contributed by atoms with Crippen molar-refractivity contribution in [3.63, 3.8) is 0 Å². The molecule has 2 aromatic carbocycles. The van der Waals surface area contributed by atoms with Crippen molar-refractivity contribution in [2.24, 2.45) is 0 Å². The molecule has 0 aromatic heterocycles. The third-order valence-electron chi connectivity index (χ3n) is 4.19. The van der Waals surface area contributed by atoms with Gasteiger partial charge in [0.25, 0.3) is 0 Å². The molecule has 0 bridgehead atoms. The van der Waals surface area contributed by atoms with Gasteiger partial charge in [0.05, 0.1) is 4.90 Å². The Balaban J connectivity index is 2.06. The van der Waals surface area contributed by atoms with Crippen molar-refractivity contribution in [1.29, 1.82) is 0 Å². The van der Waals surface area contributed by atoms with Crippen molar-refractivity contribution in [3.05, 3.63) is 66.2 Å². The molecule has 0 saturated carbocycles. The lowest BCUT2D eigenvalue weighted by Crippen LogP contribution is -2.41. The Hall–Kier alpha value is -2.22. The second-order valence-electron chi connectivity index (χ2n) is 6.77. The highest BCUT2D eigenvalue weighted by molar-refractivity contribution is 7.92. The van der Waals surface area contributed by atoms with Crippen LogP contribution in [0.1, 0.15) is 32.4 Å². The highest BCUT2D eigenvalue weighted by Crippen LogP contribution is 2.42. The summed E-state index contributed by atoms with van der Waals surface area (Å²) in [6.07, 6.45) is -1.72. The van der Waals surface area contributed by atoms with Crippen LogP contribution in [-0.2, 0) is 28.8 Å². The molecule has 1 aliphatic heterocycles. The number of ether oxygens (including phenoxy) is 3. The Labute approximate surface area is 159 Å². The molecular formula is C20H22O6S. The lowest BCUT2D eigenvalue weighted by Gasteiger charge is -2.26. The molecule has 7 heteroatoms. The highest BCUT2D eigenvalue weighted by atomic mass is 32.2. The minimum Gasteiger partial charge on any atom is -0.443 e. The summed E-state index contributed by atoms with van der Waals surface area (Å²) in [4.78, 5) is 11.8. The summed E-state index contributed by atoms with van der Waals surface area (Å²) >= 11 is 0. The number of carbonyl (C=O) groups excluding carboxylic acids is 1. The maximum Gasteiger partial charge on any atom is 0.304 e. The average molecular weight is 390 g/mol. The zero-order valence-electron chi connectivity index (χ0n) is 15.4. The van der Waals surface area contributed by atoms with Gasteiger partial charge in [0.1, 0.15) is 12.2 Å². The maximum atomic E-state index is 13.2. The van der Waals surface area contributed by atoms with E-state index in [0.29, 0.717) is 0 Å². The van der Waals surface area contributed by atoms with Crippen LogP contribution in [0.3, 0.4) is 0 Å². The van der Waals surface area contributed by atoms with Crippen LogP contribution >= 0.6 is 0 Å². The largest absolute Gasteiger partial charge is 0.443 e. The van der Waals surface area contributed by atoms with E-state index in [4.69, 9.17) is 14.2 Å². The zero-order valence-corrected chi connectivity index (χ0v) is 16.2. The van der Waals surface area contributed by atoms with E-state index in [1.165, 1.54) is 19.1 Å². The minimum atomic E-state index is -4.02. The highest BCUT2D eigenvalue weighted by Gasteiger charge is 2.52. The zero-order chi connectivity index (χ0) is 19.7. The average Bonchev–Trinajstić information content (AvgIpc) is 2.96. The number of esters is 1. The van der Waals surface area contributed by atoms with Crippen molar-refractivity contribution < 1.29 is 27.4 Å². The number of benzene rings is 2. The van der Waals surface area contributed by atoms with E-state index in [-0.39, 0.29) is 4.90 Å². The smallest absolute Gasteiger partial charge is 0.304 e. The first-order valence-corrected chi connectivity index (χ1v) is 10.1. The molecule has 0 unspecified atom stereocenters. The Morgan fingerprint density at radius 2 is 1.56 bits per heavy atom. The fourth-order valence-electron chi connectivity index (χ4n) is 3.10. The summed E-state index contributed by atoms with van der Waals surface area (Å²) in [5.41, 5.74) is -0.794. The molecule has 1 aliphatic rings. The molecule has 0 amide bonds. The molecule has 1 saturated heterocycles. The van der Waals surface area contributed by atoms with Gasteiger partial charge in [-0.1, -0.05) is 48.5 Å². The number of hydrogen-bond donors (Lipinski definition) is 0. The predicted octanol–water partition coefficient (Wildman–Crippen LogP) is 3.24. The summed E-state index contributed by atoms with van der Waals surface area (Å²) < 4.78 is 43.6. The first-order valence-electron chi connectivity index (χ1n) is 8.57. The van der Waals surface area contributed by atoms with Gasteiger partial charge in [0.2, 0.25) is 15.3 Å². The minimum absolute atomic E-state index is 0.0522. The molecule has 3 atom stereocenters. The van der Waals surface area contributed by atoms with Gasteiger partial charge in [0.15, 0.2) is 5.79 Å². The van der Waals surface area contributed by atoms with Crippen LogP contribution in [0.25, 0.3) is 0 Å². The molecule has 2 aromatic rings. The van der Waals surface area contributed by atoms with E-state index >= 15 is 0 Å². The van der Waals surface area contributed by atoms with Gasteiger partial charge in [-0.2, -0.15) is 0 Å². The molecule has 3 rings (SSSR count). The van der Waals surface area contributed by atoms with Crippen molar-refractivity contribution in [3.8, 4) is 0 Å². The van der Waals surface area contributed by atoms with E-state index in [0.717, 1.165) is 5.56 Å². The molecule has 0 aliphatic carbocycles. The van der Waals surface area contributed by atoms with Gasteiger partial charge in [-0.25, -0.2) is 8.42 Å². The van der Waals surface area contributed by atoms with E-state index < -0.39 is 39.2 Å². The summed E-state index contributed by atoms with van der Waals surface area (Å²) in [7, 11) is -4.02. The van der Waals surface area contributed by atoms with Crippen LogP contribution in [0.2, 0.25) is 0 Å². The fraction of sp³-hybridized carbons (Fsp3) is 0.350. The summed E-state index contributed by atoms with van der Waals surface area (Å²) in [6.45, 7) is 4.57. The summed E-state index contributed by atoms with van der Waals surface area (Å²) in [5, 5.41) is 0. The predicted molar refractivity (Wildman–Crippen MR) is 98.4 cm³/mol. The van der Waals surface area contributed by atoms with Crippen molar-refractivity contribution >= 4 is 15.8 Å². The van der Waals surface area contributed by atoms with Crippen LogP contribution in [-0.4, -0.2) is 31.7 Å². The first kappa shape index (κ1) is 19.5. The Bertz CT molecular complexity index is 893. The fourth-order valence-corrected chi connectivity index (χ4v) is 4.72. The van der Waals surface area contributed by atoms with Crippen LogP contribution in [0.5, 0.6) is 0 Å². The lowest BCUT2D eigenvalue weighted by atomic mass is 10.1. The Morgan fingerprint density at radius 3 is 2.11 bits per heavy atom. The normalized spacial score (nSPS) is 22.9. The van der Waals surface area contributed by atoms with Gasteiger partial charge >= 0.3 is 5.97 Å². The van der Waals surface area contributed by atoms with Crippen molar-refractivity contribution in [2.75, 3.05) is 0 Å². The van der Waals surface area contributed by atoms with Gasteiger partial charge in [-0.15, -0.1) is 0 Å². The van der Waals surface area contributed by atoms with Gasteiger partial charge in [-0.3, -0.25) is 4.79 Å². The van der Waals surface area contributed by atoms with Crippen LogP contribution < -0.4 is 0 Å². The van der Waals surface area contributed by atoms with Gasteiger partial charge in [-0.05, 0) is 31.5 Å². The standard InChI is InChI=1S/C20H22O6S/c1-14(21)24-19(27(22,23)16-12-8-5-9-13-16)18-17(25-20(2,3)26-18)15-10-6-4-7-11-15/h4-13,17-19H,1-3H3/t17-,18+,19+/m1/s1. The van der Waals surface area contributed by atoms with E-state index in [9.17, 15) is 13.2 Å². The third-order valence-corrected chi connectivity index (χ3v) is 6.09. The van der Waals surface area contributed by atoms with Gasteiger partial charge < -0.3 is 14.2 Å². The van der Waals surface area contributed by atoms with Gasteiger partial charge in [0, 0.05) is 6.92 Å². The molecule has 0 spiro atoms. The topological polar surface area (TPSA) is 78.9 Å². The van der Waals surface area contributed by atoms with E-state index in [1.807, 2.05) is 30.3 Å². The molecule has 144 valence electrons. The monoisotopic (exact) mass is 390 g/mol. The van der Waals surface area contributed by atoms with Crippen LogP contribution in [0.15, 0.2) is 65.6 Å². The van der Waals surface area contributed by atoms with Crippen LogP contribution in [0.4, 0.5) is 0 Å². The third kappa shape index (κ3) is 4.21.